The number of hydrogen-bond acceptors (Lipinski definition) is 3. The van der Waals surface area contributed by atoms with Gasteiger partial charge in [-0.15, -0.1) is 0 Å². The molecule has 4 heteroatoms. The average molecular weight is 239 g/mol. The van der Waals surface area contributed by atoms with Crippen molar-refractivity contribution in [3.63, 3.8) is 0 Å². The molecule has 1 aromatic rings. The van der Waals surface area contributed by atoms with Crippen molar-refractivity contribution in [1.29, 1.82) is 0 Å². The minimum atomic E-state index is -0.664. The van der Waals surface area contributed by atoms with Crippen LogP contribution in [0.5, 0.6) is 0 Å². The molecule has 1 aromatic carbocycles. The molecule has 0 spiro atoms. The van der Waals surface area contributed by atoms with Crippen LogP contribution in [-0.2, 0) is 4.74 Å². The highest BCUT2D eigenvalue weighted by Gasteiger charge is 2.18. The Morgan fingerprint density at radius 1 is 1.35 bits per heavy atom. The normalized spacial score (nSPS) is 18.2. The summed E-state index contributed by atoms with van der Waals surface area (Å²) in [5.74, 6) is -0.266. The number of benzene rings is 1. The molecule has 0 aliphatic carbocycles. The van der Waals surface area contributed by atoms with E-state index < -0.39 is 6.10 Å². The first-order chi connectivity index (χ1) is 8.09. The Kier molecular flexibility index (Phi) is 3.64. The quantitative estimate of drug-likeness (QED) is 0.857. The predicted molar refractivity (Wildman–Crippen MR) is 64.8 cm³/mol. The van der Waals surface area contributed by atoms with Gasteiger partial charge in [-0.1, -0.05) is 0 Å². The van der Waals surface area contributed by atoms with Crippen LogP contribution in [-0.4, -0.2) is 31.4 Å². The van der Waals surface area contributed by atoms with E-state index in [4.69, 9.17) is 4.74 Å². The summed E-state index contributed by atoms with van der Waals surface area (Å²) >= 11 is 0. The Morgan fingerprint density at radius 3 is 2.59 bits per heavy atom. The van der Waals surface area contributed by atoms with E-state index in [1.807, 2.05) is 6.07 Å². The molecular formula is C13H18FNO2. The van der Waals surface area contributed by atoms with Crippen molar-refractivity contribution in [2.75, 3.05) is 31.2 Å². The van der Waals surface area contributed by atoms with Gasteiger partial charge < -0.3 is 14.7 Å². The number of aryl methyl sites for hydroxylation is 1. The molecule has 0 aromatic heterocycles. The molecule has 0 bridgehead atoms. The van der Waals surface area contributed by atoms with Gasteiger partial charge in [-0.2, -0.15) is 0 Å². The maximum atomic E-state index is 13.5. The first-order valence-electron chi connectivity index (χ1n) is 5.90. The lowest BCUT2D eigenvalue weighted by molar-refractivity contribution is 0.122. The molecule has 0 radical (unpaired) electrons. The van der Waals surface area contributed by atoms with E-state index in [9.17, 15) is 9.50 Å². The molecule has 1 fully saturated rings. The van der Waals surface area contributed by atoms with Gasteiger partial charge >= 0.3 is 0 Å². The van der Waals surface area contributed by atoms with Gasteiger partial charge in [0.25, 0.3) is 0 Å². The molecule has 0 saturated carbocycles. The fourth-order valence-corrected chi connectivity index (χ4v) is 2.09. The third kappa shape index (κ3) is 2.58. The number of halogens is 1. The van der Waals surface area contributed by atoms with Gasteiger partial charge in [-0.25, -0.2) is 4.39 Å². The van der Waals surface area contributed by atoms with Crippen molar-refractivity contribution in [2.24, 2.45) is 0 Å². The molecule has 1 heterocycles. The molecule has 1 N–H and O–H groups in total. The molecule has 1 unspecified atom stereocenters. The average Bonchev–Trinajstić information content (AvgIpc) is 2.33. The van der Waals surface area contributed by atoms with Gasteiger partial charge in [-0.05, 0) is 31.5 Å². The Hall–Kier alpha value is -1.13. The molecular weight excluding hydrogens is 221 g/mol. The molecule has 0 amide bonds. The number of rotatable bonds is 2. The fraction of sp³-hybridized carbons (Fsp3) is 0.538. The molecule has 1 aliphatic heterocycles. The summed E-state index contributed by atoms with van der Waals surface area (Å²) in [6.45, 7) is 6.32. The van der Waals surface area contributed by atoms with Crippen LogP contribution < -0.4 is 4.90 Å². The van der Waals surface area contributed by atoms with Crippen LogP contribution in [0, 0.1) is 12.7 Å². The highest BCUT2D eigenvalue weighted by Crippen LogP contribution is 2.29. The molecule has 2 rings (SSSR count). The SMILES string of the molecule is Cc1cc(N2CCOCC2)c(C(C)O)cc1F. The van der Waals surface area contributed by atoms with Crippen LogP contribution in [0.2, 0.25) is 0 Å². The Balaban J connectivity index is 2.39. The van der Waals surface area contributed by atoms with E-state index in [2.05, 4.69) is 4.90 Å². The van der Waals surface area contributed by atoms with Gasteiger partial charge in [0.1, 0.15) is 5.82 Å². The number of hydrogen-bond donors (Lipinski definition) is 1. The van der Waals surface area contributed by atoms with E-state index in [1.54, 1.807) is 13.8 Å². The standard InChI is InChI=1S/C13H18FNO2/c1-9-7-13(15-3-5-17-6-4-15)11(10(2)16)8-12(9)14/h7-8,10,16H,3-6H2,1-2H3. The zero-order valence-corrected chi connectivity index (χ0v) is 10.2. The van der Waals surface area contributed by atoms with Gasteiger partial charge in [0.2, 0.25) is 0 Å². The van der Waals surface area contributed by atoms with E-state index in [0.717, 1.165) is 18.8 Å². The minimum Gasteiger partial charge on any atom is -0.389 e. The lowest BCUT2D eigenvalue weighted by atomic mass is 10.0. The summed E-state index contributed by atoms with van der Waals surface area (Å²) in [5, 5.41) is 9.73. The maximum Gasteiger partial charge on any atom is 0.126 e. The zero-order chi connectivity index (χ0) is 12.4. The molecule has 94 valence electrons. The minimum absolute atomic E-state index is 0.266. The second-order valence-corrected chi connectivity index (χ2v) is 4.44. The zero-order valence-electron chi connectivity index (χ0n) is 10.2. The summed E-state index contributed by atoms with van der Waals surface area (Å²) in [4.78, 5) is 2.14. The van der Waals surface area contributed by atoms with Crippen molar-refractivity contribution in [2.45, 2.75) is 20.0 Å². The summed E-state index contributed by atoms with van der Waals surface area (Å²) in [6.07, 6.45) is -0.664. The number of anilines is 1. The Bertz CT molecular complexity index is 401. The van der Waals surface area contributed by atoms with Crippen LogP contribution >= 0.6 is 0 Å². The van der Waals surface area contributed by atoms with Crippen LogP contribution in [0.15, 0.2) is 12.1 Å². The lowest BCUT2D eigenvalue weighted by Crippen LogP contribution is -2.37. The molecule has 3 nitrogen and oxygen atoms in total. The summed E-state index contributed by atoms with van der Waals surface area (Å²) in [6, 6.07) is 3.24. The maximum absolute atomic E-state index is 13.5. The smallest absolute Gasteiger partial charge is 0.126 e. The van der Waals surface area contributed by atoms with Crippen molar-refractivity contribution in [3.05, 3.63) is 29.1 Å². The highest BCUT2D eigenvalue weighted by atomic mass is 19.1. The fourth-order valence-electron chi connectivity index (χ4n) is 2.09. The van der Waals surface area contributed by atoms with Gasteiger partial charge in [0, 0.05) is 24.3 Å². The van der Waals surface area contributed by atoms with Crippen LogP contribution in [0.25, 0.3) is 0 Å². The van der Waals surface area contributed by atoms with Gasteiger partial charge in [0.15, 0.2) is 0 Å². The van der Waals surface area contributed by atoms with Crippen molar-refractivity contribution < 1.29 is 14.2 Å². The number of aliphatic hydroxyl groups excluding tert-OH is 1. The molecule has 17 heavy (non-hydrogen) atoms. The van der Waals surface area contributed by atoms with Gasteiger partial charge in [-0.3, -0.25) is 0 Å². The summed E-state index contributed by atoms with van der Waals surface area (Å²) in [5.41, 5.74) is 2.17. The molecule has 1 atom stereocenters. The number of ether oxygens (including phenoxy) is 1. The first-order valence-corrected chi connectivity index (χ1v) is 5.90. The Labute approximate surface area is 101 Å². The van der Waals surface area contributed by atoms with Crippen LogP contribution in [0.4, 0.5) is 10.1 Å². The highest BCUT2D eigenvalue weighted by molar-refractivity contribution is 5.57. The van der Waals surface area contributed by atoms with Crippen molar-refractivity contribution >= 4 is 5.69 Å². The van der Waals surface area contributed by atoms with Crippen molar-refractivity contribution in [3.8, 4) is 0 Å². The third-order valence-corrected chi connectivity index (χ3v) is 3.11. The first kappa shape index (κ1) is 12.3. The van der Waals surface area contributed by atoms with Gasteiger partial charge in [0.05, 0.1) is 19.3 Å². The Morgan fingerprint density at radius 2 is 2.00 bits per heavy atom. The molecule has 1 saturated heterocycles. The topological polar surface area (TPSA) is 32.7 Å². The van der Waals surface area contributed by atoms with Crippen molar-refractivity contribution in [1.82, 2.24) is 0 Å². The summed E-state index contributed by atoms with van der Waals surface area (Å²) in [7, 11) is 0. The van der Waals surface area contributed by atoms with Crippen LogP contribution in [0.1, 0.15) is 24.2 Å². The third-order valence-electron chi connectivity index (χ3n) is 3.11. The predicted octanol–water partition coefficient (Wildman–Crippen LogP) is 2.02. The van der Waals surface area contributed by atoms with E-state index >= 15 is 0 Å². The molecule has 1 aliphatic rings. The van der Waals surface area contributed by atoms with Crippen LogP contribution in [0.3, 0.4) is 0 Å². The largest absolute Gasteiger partial charge is 0.389 e. The second kappa shape index (κ2) is 5.02. The van der Waals surface area contributed by atoms with E-state index in [-0.39, 0.29) is 5.82 Å². The van der Waals surface area contributed by atoms with E-state index in [0.29, 0.717) is 24.3 Å². The number of morpholine rings is 1. The summed E-state index contributed by atoms with van der Waals surface area (Å²) < 4.78 is 18.8. The number of aliphatic hydroxyl groups is 1. The monoisotopic (exact) mass is 239 g/mol. The lowest BCUT2D eigenvalue weighted by Gasteiger charge is -2.31. The van der Waals surface area contributed by atoms with E-state index in [1.165, 1.54) is 6.07 Å². The number of nitrogens with zero attached hydrogens (tertiary/aromatic N) is 1. The second-order valence-electron chi connectivity index (χ2n) is 4.44.